The Kier molecular flexibility index (Phi) is 9.18. The average molecular weight is 636 g/mol. The number of carbonyl (C=O) groups excluding carboxylic acids is 2. The molecule has 2 aliphatic heterocycles. The number of halogens is 4. The van der Waals surface area contributed by atoms with Crippen LogP contribution in [-0.4, -0.2) is 59.4 Å². The summed E-state index contributed by atoms with van der Waals surface area (Å²) in [4.78, 5) is 30.5. The fraction of sp³-hybridized carbons (Fsp3) is 0.389. The summed E-state index contributed by atoms with van der Waals surface area (Å²) in [6.07, 6.45) is 3.36. The molecule has 1 saturated heterocycles. The van der Waals surface area contributed by atoms with Gasteiger partial charge in [0.05, 0.1) is 12.6 Å². The highest BCUT2D eigenvalue weighted by Crippen LogP contribution is 2.38. The first-order chi connectivity index (χ1) is 22.1. The predicted octanol–water partition coefficient (Wildman–Crippen LogP) is 6.10. The molecule has 1 aliphatic carbocycles. The molecular weight excluding hydrogens is 598 g/mol. The SMILES string of the molecule is CC(=O)N1CC2CC(c3ccc(CCCOc4c(F)ccc(F)c4F)cc3)=C(C(=O)N(Cc3cccc(F)c3C)C3CC3)C(C1)N2. The average Bonchev–Trinajstić information content (AvgIpc) is 3.88. The Hall–Kier alpha value is -4.18. The van der Waals surface area contributed by atoms with E-state index in [4.69, 9.17) is 4.74 Å². The quantitative estimate of drug-likeness (QED) is 0.166. The zero-order valence-corrected chi connectivity index (χ0v) is 25.9. The van der Waals surface area contributed by atoms with Gasteiger partial charge in [-0.1, -0.05) is 36.4 Å². The standard InChI is InChI=1S/C36H37F4N3O3/c1-21-25(6-3-7-29(21)37)18-43(27-12-13-27)36(45)33-28(17-26-19-42(22(2)44)20-32(33)41-26)24-10-8-23(9-11-24)5-4-16-46-35-31(39)15-14-30(38)34(35)40/h3,6-11,14-15,26-27,32,41H,4-5,12-13,16-20H2,1-2H3. The van der Waals surface area contributed by atoms with Crippen LogP contribution >= 0.6 is 0 Å². The van der Waals surface area contributed by atoms with E-state index >= 15 is 0 Å². The molecule has 242 valence electrons. The van der Waals surface area contributed by atoms with Gasteiger partial charge in [0.1, 0.15) is 5.82 Å². The summed E-state index contributed by atoms with van der Waals surface area (Å²) < 4.78 is 60.9. The molecule has 46 heavy (non-hydrogen) atoms. The van der Waals surface area contributed by atoms with E-state index in [2.05, 4.69) is 5.32 Å². The van der Waals surface area contributed by atoms with Crippen LogP contribution in [0.5, 0.6) is 5.75 Å². The molecule has 2 bridgehead atoms. The summed E-state index contributed by atoms with van der Waals surface area (Å²) in [6.45, 7) is 4.53. The minimum atomic E-state index is -1.34. The Morgan fingerprint density at radius 2 is 1.70 bits per heavy atom. The second kappa shape index (κ2) is 13.3. The lowest BCUT2D eigenvalue weighted by Crippen LogP contribution is -2.61. The molecule has 2 heterocycles. The minimum absolute atomic E-state index is 0.00511. The van der Waals surface area contributed by atoms with E-state index in [-0.39, 0.29) is 42.4 Å². The molecule has 1 N–H and O–H groups in total. The molecule has 2 amide bonds. The summed E-state index contributed by atoms with van der Waals surface area (Å²) in [5, 5.41) is 3.59. The van der Waals surface area contributed by atoms with Crippen LogP contribution in [0.1, 0.15) is 54.9 Å². The Bertz CT molecular complexity index is 1670. The van der Waals surface area contributed by atoms with Crippen LogP contribution in [0.15, 0.2) is 60.2 Å². The second-order valence-corrected chi connectivity index (χ2v) is 12.4. The number of piperazine rings is 1. The number of fused-ring (bicyclic) bond motifs is 2. The van der Waals surface area contributed by atoms with Gasteiger partial charge in [0.2, 0.25) is 11.7 Å². The number of hydrogen-bond donors (Lipinski definition) is 1. The third-order valence-corrected chi connectivity index (χ3v) is 9.21. The lowest BCUT2D eigenvalue weighted by Gasteiger charge is -2.44. The molecule has 2 unspecified atom stereocenters. The number of aryl methyl sites for hydroxylation is 1. The van der Waals surface area contributed by atoms with E-state index in [1.165, 1.54) is 6.07 Å². The summed E-state index contributed by atoms with van der Waals surface area (Å²) in [5.41, 5.74) is 4.77. The van der Waals surface area contributed by atoms with E-state index in [0.29, 0.717) is 50.0 Å². The van der Waals surface area contributed by atoms with Crippen molar-refractivity contribution in [1.29, 1.82) is 0 Å². The molecule has 6 rings (SSSR count). The van der Waals surface area contributed by atoms with Crippen LogP contribution < -0.4 is 10.1 Å². The monoisotopic (exact) mass is 635 g/mol. The number of ether oxygens (including phenoxy) is 1. The molecule has 3 aromatic carbocycles. The van der Waals surface area contributed by atoms with Gasteiger partial charge in [-0.2, -0.15) is 4.39 Å². The second-order valence-electron chi connectivity index (χ2n) is 12.4. The Labute approximate surface area is 266 Å². The van der Waals surface area contributed by atoms with Gasteiger partial charge >= 0.3 is 0 Å². The third kappa shape index (κ3) is 6.67. The highest BCUT2D eigenvalue weighted by atomic mass is 19.2. The molecular formula is C36H37F4N3O3. The molecule has 2 fully saturated rings. The minimum Gasteiger partial charge on any atom is -0.488 e. The number of hydrogen-bond acceptors (Lipinski definition) is 4. The number of nitrogens with zero attached hydrogens (tertiary/aromatic N) is 2. The van der Waals surface area contributed by atoms with Gasteiger partial charge in [-0.25, -0.2) is 13.2 Å². The highest BCUT2D eigenvalue weighted by molar-refractivity contribution is 6.03. The molecule has 0 radical (unpaired) electrons. The fourth-order valence-corrected chi connectivity index (χ4v) is 6.50. The summed E-state index contributed by atoms with van der Waals surface area (Å²) in [5.74, 6) is -4.60. The van der Waals surface area contributed by atoms with E-state index in [1.807, 2.05) is 35.2 Å². The largest absolute Gasteiger partial charge is 0.488 e. The number of nitrogens with one attached hydrogen (secondary N) is 1. The fourth-order valence-electron chi connectivity index (χ4n) is 6.50. The first kappa shape index (κ1) is 31.8. The third-order valence-electron chi connectivity index (χ3n) is 9.21. The summed E-state index contributed by atoms with van der Waals surface area (Å²) in [6, 6.07) is 14.1. The Morgan fingerprint density at radius 3 is 2.41 bits per heavy atom. The van der Waals surface area contributed by atoms with Crippen LogP contribution in [0.25, 0.3) is 5.57 Å². The lowest BCUT2D eigenvalue weighted by molar-refractivity contribution is -0.132. The molecule has 6 nitrogen and oxygen atoms in total. The van der Waals surface area contributed by atoms with Gasteiger partial charge < -0.3 is 19.9 Å². The molecule has 3 aromatic rings. The van der Waals surface area contributed by atoms with Crippen LogP contribution in [0.2, 0.25) is 0 Å². The number of benzene rings is 3. The van der Waals surface area contributed by atoms with E-state index in [1.54, 1.807) is 24.8 Å². The van der Waals surface area contributed by atoms with E-state index < -0.39 is 23.2 Å². The van der Waals surface area contributed by atoms with E-state index in [9.17, 15) is 27.2 Å². The summed E-state index contributed by atoms with van der Waals surface area (Å²) >= 11 is 0. The molecule has 2 atom stereocenters. The van der Waals surface area contributed by atoms with Gasteiger partial charge in [-0.3, -0.25) is 9.59 Å². The topological polar surface area (TPSA) is 61.9 Å². The number of carbonyl (C=O) groups is 2. The van der Waals surface area contributed by atoms with Crippen molar-refractivity contribution in [3.63, 3.8) is 0 Å². The Balaban J connectivity index is 1.24. The normalized spacial score (nSPS) is 19.3. The van der Waals surface area contributed by atoms with Crippen LogP contribution in [-0.2, 0) is 22.6 Å². The summed E-state index contributed by atoms with van der Waals surface area (Å²) in [7, 11) is 0. The van der Waals surface area contributed by atoms with Crippen molar-refractivity contribution in [2.45, 2.75) is 70.6 Å². The molecule has 0 spiro atoms. The Morgan fingerprint density at radius 1 is 0.957 bits per heavy atom. The van der Waals surface area contributed by atoms with Crippen molar-refractivity contribution in [3.8, 4) is 5.75 Å². The first-order valence-corrected chi connectivity index (χ1v) is 15.8. The van der Waals surface area contributed by atoms with Crippen molar-refractivity contribution in [3.05, 3.63) is 106 Å². The maximum atomic E-state index is 14.5. The van der Waals surface area contributed by atoms with Crippen LogP contribution in [0, 0.1) is 30.2 Å². The van der Waals surface area contributed by atoms with Gasteiger partial charge in [-0.05, 0) is 85.1 Å². The van der Waals surface area contributed by atoms with Gasteiger partial charge in [0, 0.05) is 44.2 Å². The first-order valence-electron chi connectivity index (χ1n) is 15.8. The predicted molar refractivity (Wildman–Crippen MR) is 166 cm³/mol. The zero-order chi connectivity index (χ0) is 32.5. The highest BCUT2D eigenvalue weighted by Gasteiger charge is 2.43. The van der Waals surface area contributed by atoms with Crippen molar-refractivity contribution in [2.24, 2.45) is 0 Å². The van der Waals surface area contributed by atoms with Crippen molar-refractivity contribution >= 4 is 17.4 Å². The van der Waals surface area contributed by atoms with Gasteiger partial charge in [0.15, 0.2) is 17.4 Å². The molecule has 1 saturated carbocycles. The van der Waals surface area contributed by atoms with Crippen molar-refractivity contribution in [2.75, 3.05) is 19.7 Å². The lowest BCUT2D eigenvalue weighted by atomic mass is 9.82. The van der Waals surface area contributed by atoms with Crippen molar-refractivity contribution in [1.82, 2.24) is 15.1 Å². The van der Waals surface area contributed by atoms with Gasteiger partial charge in [0.25, 0.3) is 5.91 Å². The smallest absolute Gasteiger partial charge is 0.252 e. The molecule has 10 heteroatoms. The maximum absolute atomic E-state index is 14.5. The number of rotatable bonds is 10. The molecule has 0 aromatic heterocycles. The molecule has 3 aliphatic rings. The van der Waals surface area contributed by atoms with E-state index in [0.717, 1.165) is 47.2 Å². The van der Waals surface area contributed by atoms with Gasteiger partial charge in [-0.15, -0.1) is 0 Å². The number of amides is 2. The van der Waals surface area contributed by atoms with Crippen LogP contribution in [0.4, 0.5) is 17.6 Å². The van der Waals surface area contributed by atoms with Crippen LogP contribution in [0.3, 0.4) is 0 Å². The maximum Gasteiger partial charge on any atom is 0.252 e. The van der Waals surface area contributed by atoms with Crippen molar-refractivity contribution < 1.29 is 31.9 Å². The zero-order valence-electron chi connectivity index (χ0n) is 25.9.